The Labute approximate surface area is 139 Å². The van der Waals surface area contributed by atoms with Crippen LogP contribution in [-0.2, 0) is 10.9 Å². The molecule has 0 amide bonds. The highest BCUT2D eigenvalue weighted by Crippen LogP contribution is 2.31. The Morgan fingerprint density at radius 3 is 2.38 bits per heavy atom. The fraction of sp³-hybridized carbons (Fsp3) is 0.389. The van der Waals surface area contributed by atoms with Gasteiger partial charge in [0.2, 0.25) is 0 Å². The number of hydrogen-bond donors (Lipinski definition) is 0. The molecule has 0 N–H and O–H groups in total. The number of halogens is 3. The van der Waals surface area contributed by atoms with Crippen molar-refractivity contribution >= 4 is 0 Å². The average Bonchev–Trinajstić information content (AvgIpc) is 2.61. The molecule has 128 valence electrons. The molecule has 0 saturated carbocycles. The number of benzene rings is 1. The van der Waals surface area contributed by atoms with Crippen LogP contribution in [0.4, 0.5) is 13.2 Å². The Kier molecular flexibility index (Phi) is 4.87. The highest BCUT2D eigenvalue weighted by Gasteiger charge is 2.30. The van der Waals surface area contributed by atoms with Crippen molar-refractivity contribution in [3.05, 3.63) is 53.7 Å². The molecule has 0 radical (unpaired) electrons. The molecule has 2 aromatic rings. The van der Waals surface area contributed by atoms with Crippen LogP contribution in [0, 0.1) is 0 Å². The summed E-state index contributed by atoms with van der Waals surface area (Å²) in [6, 6.07) is 9.88. The van der Waals surface area contributed by atoms with E-state index in [-0.39, 0.29) is 6.04 Å². The zero-order valence-electron chi connectivity index (χ0n) is 13.4. The Bertz CT molecular complexity index is 679. The highest BCUT2D eigenvalue weighted by molar-refractivity contribution is 5.60. The lowest BCUT2D eigenvalue weighted by Gasteiger charge is -2.32. The molecule has 1 fully saturated rings. The van der Waals surface area contributed by atoms with E-state index in [1.165, 1.54) is 6.20 Å². The monoisotopic (exact) mass is 336 g/mol. The van der Waals surface area contributed by atoms with E-state index in [4.69, 9.17) is 4.74 Å². The second-order valence-electron chi connectivity index (χ2n) is 5.87. The molecule has 1 aliphatic rings. The molecule has 24 heavy (non-hydrogen) atoms. The Morgan fingerprint density at radius 1 is 1.08 bits per heavy atom. The summed E-state index contributed by atoms with van der Waals surface area (Å²) in [6.45, 7) is 5.37. The van der Waals surface area contributed by atoms with Crippen LogP contribution < -0.4 is 0 Å². The third-order valence-corrected chi connectivity index (χ3v) is 4.37. The summed E-state index contributed by atoms with van der Waals surface area (Å²) < 4.78 is 43.8. The van der Waals surface area contributed by atoms with Gasteiger partial charge in [-0.05, 0) is 24.6 Å². The van der Waals surface area contributed by atoms with Crippen LogP contribution in [0.1, 0.15) is 24.1 Å². The molecule has 2 heterocycles. The van der Waals surface area contributed by atoms with Crippen LogP contribution in [0.25, 0.3) is 11.3 Å². The highest BCUT2D eigenvalue weighted by atomic mass is 19.4. The molecule has 0 unspecified atom stereocenters. The zero-order chi connectivity index (χ0) is 17.2. The number of nitrogens with zero attached hydrogens (tertiary/aromatic N) is 2. The van der Waals surface area contributed by atoms with Gasteiger partial charge in [-0.2, -0.15) is 13.2 Å². The molecule has 0 aliphatic carbocycles. The molecular weight excluding hydrogens is 317 g/mol. The van der Waals surface area contributed by atoms with E-state index in [2.05, 4.69) is 16.8 Å². The van der Waals surface area contributed by atoms with Gasteiger partial charge in [0.1, 0.15) is 0 Å². The number of morpholine rings is 1. The van der Waals surface area contributed by atoms with E-state index in [0.29, 0.717) is 11.3 Å². The van der Waals surface area contributed by atoms with E-state index in [1.807, 2.05) is 24.3 Å². The van der Waals surface area contributed by atoms with Gasteiger partial charge in [0, 0.05) is 30.9 Å². The molecule has 1 atom stereocenters. The third kappa shape index (κ3) is 3.76. The van der Waals surface area contributed by atoms with Gasteiger partial charge in [0.05, 0.1) is 24.5 Å². The van der Waals surface area contributed by atoms with E-state index in [9.17, 15) is 13.2 Å². The first-order valence-electron chi connectivity index (χ1n) is 7.90. The maximum atomic E-state index is 12.8. The largest absolute Gasteiger partial charge is 0.416 e. The van der Waals surface area contributed by atoms with Crippen LogP contribution in [0.15, 0.2) is 42.6 Å². The zero-order valence-corrected chi connectivity index (χ0v) is 13.4. The van der Waals surface area contributed by atoms with Crippen LogP contribution in [0.5, 0.6) is 0 Å². The fourth-order valence-corrected chi connectivity index (χ4v) is 2.87. The van der Waals surface area contributed by atoms with Crippen molar-refractivity contribution in [1.29, 1.82) is 0 Å². The predicted molar refractivity (Wildman–Crippen MR) is 85.5 cm³/mol. The molecule has 1 aliphatic heterocycles. The first-order chi connectivity index (χ1) is 11.4. The maximum Gasteiger partial charge on any atom is 0.416 e. The lowest BCUT2D eigenvalue weighted by molar-refractivity contribution is -0.137. The Hall–Kier alpha value is -1.92. The standard InChI is InChI=1S/C18H19F3N2O/c1-13(23-8-10-24-11-9-23)14-2-4-15(5-3-14)17-12-16(6-7-22-17)18(19,20)21/h2-7,12-13H,8-11H2,1H3/t13-/m0/s1. The molecule has 3 rings (SSSR count). The Balaban J connectivity index is 1.79. The smallest absolute Gasteiger partial charge is 0.379 e. The summed E-state index contributed by atoms with van der Waals surface area (Å²) in [5.41, 5.74) is 1.46. The second-order valence-corrected chi connectivity index (χ2v) is 5.87. The first kappa shape index (κ1) is 16.9. The fourth-order valence-electron chi connectivity index (χ4n) is 2.87. The van der Waals surface area contributed by atoms with E-state index < -0.39 is 11.7 Å². The van der Waals surface area contributed by atoms with Crippen LogP contribution in [0.3, 0.4) is 0 Å². The van der Waals surface area contributed by atoms with E-state index in [1.54, 1.807) is 0 Å². The van der Waals surface area contributed by atoms with Gasteiger partial charge in [-0.25, -0.2) is 0 Å². The normalized spacial score (nSPS) is 17.7. The molecular formula is C18H19F3N2O. The average molecular weight is 336 g/mol. The van der Waals surface area contributed by atoms with Gasteiger partial charge in [0.15, 0.2) is 0 Å². The quantitative estimate of drug-likeness (QED) is 0.841. The lowest BCUT2D eigenvalue weighted by Crippen LogP contribution is -2.37. The lowest BCUT2D eigenvalue weighted by atomic mass is 10.0. The summed E-state index contributed by atoms with van der Waals surface area (Å²) >= 11 is 0. The van der Waals surface area contributed by atoms with Crippen molar-refractivity contribution in [2.24, 2.45) is 0 Å². The predicted octanol–water partition coefficient (Wildman–Crippen LogP) is 4.16. The summed E-state index contributed by atoms with van der Waals surface area (Å²) in [5.74, 6) is 0. The first-order valence-corrected chi connectivity index (χ1v) is 7.90. The molecule has 1 aromatic carbocycles. The summed E-state index contributed by atoms with van der Waals surface area (Å²) in [6.07, 6.45) is -3.16. The van der Waals surface area contributed by atoms with Crippen LogP contribution >= 0.6 is 0 Å². The number of pyridine rings is 1. The van der Waals surface area contributed by atoms with Crippen molar-refractivity contribution in [3.8, 4) is 11.3 Å². The number of ether oxygens (including phenoxy) is 1. The summed E-state index contributed by atoms with van der Waals surface area (Å²) in [7, 11) is 0. The van der Waals surface area contributed by atoms with Crippen molar-refractivity contribution in [1.82, 2.24) is 9.88 Å². The second kappa shape index (κ2) is 6.91. The van der Waals surface area contributed by atoms with E-state index in [0.717, 1.165) is 44.0 Å². The molecule has 0 bridgehead atoms. The van der Waals surface area contributed by atoms with Gasteiger partial charge < -0.3 is 4.74 Å². The minimum atomic E-state index is -4.36. The third-order valence-electron chi connectivity index (χ3n) is 4.37. The topological polar surface area (TPSA) is 25.4 Å². The van der Waals surface area contributed by atoms with Crippen molar-refractivity contribution in [3.63, 3.8) is 0 Å². The van der Waals surface area contributed by atoms with Crippen molar-refractivity contribution < 1.29 is 17.9 Å². The number of hydrogen-bond acceptors (Lipinski definition) is 3. The van der Waals surface area contributed by atoms with E-state index >= 15 is 0 Å². The molecule has 1 aromatic heterocycles. The van der Waals surface area contributed by atoms with Crippen molar-refractivity contribution in [2.75, 3.05) is 26.3 Å². The van der Waals surface area contributed by atoms with Gasteiger partial charge in [0.25, 0.3) is 0 Å². The molecule has 3 nitrogen and oxygen atoms in total. The molecule has 6 heteroatoms. The molecule has 1 saturated heterocycles. The van der Waals surface area contributed by atoms with Gasteiger partial charge >= 0.3 is 6.18 Å². The van der Waals surface area contributed by atoms with Gasteiger partial charge in [-0.15, -0.1) is 0 Å². The minimum Gasteiger partial charge on any atom is -0.379 e. The summed E-state index contributed by atoms with van der Waals surface area (Å²) in [4.78, 5) is 6.39. The van der Waals surface area contributed by atoms with Crippen molar-refractivity contribution in [2.45, 2.75) is 19.1 Å². The summed E-state index contributed by atoms with van der Waals surface area (Å²) in [5, 5.41) is 0. The molecule has 0 spiro atoms. The number of rotatable bonds is 3. The number of alkyl halides is 3. The number of aromatic nitrogens is 1. The minimum absolute atomic E-state index is 0.248. The maximum absolute atomic E-state index is 12.8. The Morgan fingerprint density at radius 2 is 1.75 bits per heavy atom. The van der Waals surface area contributed by atoms with Crippen LogP contribution in [-0.4, -0.2) is 36.2 Å². The SMILES string of the molecule is C[C@@H](c1ccc(-c2cc(C(F)(F)F)ccn2)cc1)N1CCOCC1. The van der Waals surface area contributed by atoms with Gasteiger partial charge in [-0.3, -0.25) is 9.88 Å². The van der Waals surface area contributed by atoms with Crippen LogP contribution in [0.2, 0.25) is 0 Å². The van der Waals surface area contributed by atoms with Gasteiger partial charge in [-0.1, -0.05) is 24.3 Å².